The number of hydrogen-bond acceptors (Lipinski definition) is 1. The van der Waals surface area contributed by atoms with Crippen molar-refractivity contribution in [2.75, 3.05) is 20.6 Å². The van der Waals surface area contributed by atoms with Gasteiger partial charge < -0.3 is 17.1 Å². The van der Waals surface area contributed by atoms with Crippen LogP contribution in [0.2, 0.25) is 0 Å². The zero-order chi connectivity index (χ0) is 10.1. The van der Waals surface area contributed by atoms with Crippen molar-refractivity contribution >= 4 is 0 Å². The smallest absolute Gasteiger partial charge is 0.668 e. The van der Waals surface area contributed by atoms with E-state index < -0.39 is 0 Å². The molecule has 0 N–H and O–H groups in total. The van der Waals surface area contributed by atoms with Gasteiger partial charge in [0.1, 0.15) is 0 Å². The Labute approximate surface area is 98.7 Å². The molecule has 0 aliphatic rings. The van der Waals surface area contributed by atoms with Gasteiger partial charge in [-0.25, -0.2) is 0 Å². The fourth-order valence-corrected chi connectivity index (χ4v) is 1.11. The van der Waals surface area contributed by atoms with E-state index in [2.05, 4.69) is 44.8 Å². The van der Waals surface area contributed by atoms with E-state index >= 15 is 0 Å². The van der Waals surface area contributed by atoms with E-state index in [1.807, 2.05) is 0 Å². The van der Waals surface area contributed by atoms with Crippen molar-refractivity contribution in [2.45, 2.75) is 39.8 Å². The quantitative estimate of drug-likeness (QED) is 0.568. The fourth-order valence-electron chi connectivity index (χ4n) is 1.11. The van der Waals surface area contributed by atoms with E-state index in [1.165, 1.54) is 0 Å². The van der Waals surface area contributed by atoms with Crippen molar-refractivity contribution in [1.82, 2.24) is 4.90 Å². The summed E-state index contributed by atoms with van der Waals surface area (Å²) in [4.78, 5) is 2.35. The van der Waals surface area contributed by atoms with Gasteiger partial charge in [-0.2, -0.15) is 14.1 Å². The van der Waals surface area contributed by atoms with Gasteiger partial charge >= 0.3 is 21.1 Å². The molecule has 0 radical (unpaired) electrons. The van der Waals surface area contributed by atoms with E-state index in [0.717, 1.165) is 6.54 Å². The molecule has 0 aromatic rings. The van der Waals surface area contributed by atoms with E-state index in [1.54, 1.807) is 14.1 Å². The molecule has 0 aliphatic carbocycles. The minimum Gasteiger partial charge on any atom is -0.668 e. The molecule has 0 bridgehead atoms. The van der Waals surface area contributed by atoms with Crippen molar-refractivity contribution in [3.05, 3.63) is 12.2 Å². The zero-order valence-electron chi connectivity index (χ0n) is 9.87. The molecule has 0 saturated heterocycles. The van der Waals surface area contributed by atoms with Gasteiger partial charge in [-0.05, 0) is 27.7 Å². The third-order valence-corrected chi connectivity index (χ3v) is 1.58. The second kappa shape index (κ2) is 12.6. The van der Waals surface area contributed by atoms with Gasteiger partial charge in [0.25, 0.3) is 0 Å². The molecule has 2 nitrogen and oxygen atoms in total. The van der Waals surface area contributed by atoms with Crippen LogP contribution in [0.3, 0.4) is 0 Å². The summed E-state index contributed by atoms with van der Waals surface area (Å²) in [6, 6.07) is 1.25. The predicted octanol–water partition coefficient (Wildman–Crippen LogP) is 2.56. The standard InChI is InChI=1S/C8H18N.C2H6N.Mo/c1-6-9(7(2)3)8(4)5;1-3-2;/h7-8H,1,6H2,2-5H3;1-2H3;/q2*-1;+2. The monoisotopic (exact) mass is 270 g/mol. The Balaban J connectivity index is -0.000000220. The molecule has 0 spiro atoms. The van der Waals surface area contributed by atoms with Crippen LogP contribution in [0.15, 0.2) is 0 Å². The molecule has 0 amide bonds. The molecule has 3 heteroatoms. The van der Waals surface area contributed by atoms with Gasteiger partial charge in [0.2, 0.25) is 0 Å². The summed E-state index contributed by atoms with van der Waals surface area (Å²) in [6.45, 7) is 13.6. The summed E-state index contributed by atoms with van der Waals surface area (Å²) in [7, 11) is 3.50. The van der Waals surface area contributed by atoms with Crippen LogP contribution in [0.5, 0.6) is 0 Å². The van der Waals surface area contributed by atoms with Crippen molar-refractivity contribution < 1.29 is 21.1 Å². The first-order valence-electron chi connectivity index (χ1n) is 4.54. The Morgan fingerprint density at radius 1 is 1.08 bits per heavy atom. The first-order chi connectivity index (χ1) is 5.51. The first-order valence-corrected chi connectivity index (χ1v) is 4.54. The Bertz CT molecular complexity index is 77.0. The summed E-state index contributed by atoms with van der Waals surface area (Å²) >= 11 is 0. The Kier molecular flexibility index (Phi) is 18.6. The Hall–Kier alpha value is 0.608. The number of rotatable bonds is 3. The third-order valence-electron chi connectivity index (χ3n) is 1.58. The molecule has 0 fully saturated rings. The van der Waals surface area contributed by atoms with Gasteiger partial charge in [-0.15, -0.1) is 6.54 Å². The molecule has 0 atom stereocenters. The Morgan fingerprint density at radius 2 is 1.31 bits per heavy atom. The topological polar surface area (TPSA) is 17.3 Å². The first kappa shape index (κ1) is 19.2. The van der Waals surface area contributed by atoms with E-state index in [4.69, 9.17) is 0 Å². The average Bonchev–Trinajstić information content (AvgIpc) is 1.88. The molecule has 0 heterocycles. The molecule has 0 aromatic heterocycles. The molecule has 80 valence electrons. The van der Waals surface area contributed by atoms with E-state index in [9.17, 15) is 0 Å². The summed E-state index contributed by atoms with van der Waals surface area (Å²) in [5, 5.41) is 3.50. The van der Waals surface area contributed by atoms with Crippen molar-refractivity contribution in [3.63, 3.8) is 0 Å². The van der Waals surface area contributed by atoms with Gasteiger partial charge in [0.05, 0.1) is 0 Å². The maximum Gasteiger partial charge on any atom is 2.00 e. The molecule has 0 rings (SSSR count). The fraction of sp³-hybridized carbons (Fsp3) is 0.900. The predicted molar refractivity (Wildman–Crippen MR) is 57.5 cm³/mol. The summed E-state index contributed by atoms with van der Waals surface area (Å²) in [5.41, 5.74) is 0. The van der Waals surface area contributed by atoms with Crippen LogP contribution in [0.4, 0.5) is 0 Å². The molecule has 0 aliphatic heterocycles. The van der Waals surface area contributed by atoms with Crippen molar-refractivity contribution in [1.29, 1.82) is 0 Å². The summed E-state index contributed by atoms with van der Waals surface area (Å²) < 4.78 is 0. The minimum absolute atomic E-state index is 0. The molecule has 0 saturated carbocycles. The van der Waals surface area contributed by atoms with Crippen molar-refractivity contribution in [2.24, 2.45) is 0 Å². The summed E-state index contributed by atoms with van der Waals surface area (Å²) in [6.07, 6.45) is 0. The molecular formula is C10H24MoN2. The van der Waals surface area contributed by atoms with E-state index in [0.29, 0.717) is 12.1 Å². The van der Waals surface area contributed by atoms with Crippen molar-refractivity contribution in [3.8, 4) is 0 Å². The molecule has 13 heavy (non-hydrogen) atoms. The largest absolute Gasteiger partial charge is 2.00 e. The Morgan fingerprint density at radius 3 is 1.31 bits per heavy atom. The summed E-state index contributed by atoms with van der Waals surface area (Å²) in [5.74, 6) is 0. The maximum atomic E-state index is 3.85. The second-order valence-electron chi connectivity index (χ2n) is 3.37. The van der Waals surface area contributed by atoms with Crippen LogP contribution >= 0.6 is 0 Å². The van der Waals surface area contributed by atoms with Gasteiger partial charge in [-0.1, -0.05) is 0 Å². The van der Waals surface area contributed by atoms with Crippen LogP contribution in [-0.4, -0.2) is 37.6 Å². The minimum atomic E-state index is 0. The van der Waals surface area contributed by atoms with Crippen LogP contribution in [0.25, 0.3) is 5.32 Å². The van der Waals surface area contributed by atoms with Crippen LogP contribution in [0, 0.1) is 6.92 Å². The number of nitrogens with zero attached hydrogens (tertiary/aromatic N) is 2. The molecule has 0 unspecified atom stereocenters. The van der Waals surface area contributed by atoms with Gasteiger partial charge in [-0.3, -0.25) is 0 Å². The van der Waals surface area contributed by atoms with Crippen LogP contribution < -0.4 is 0 Å². The zero-order valence-corrected chi connectivity index (χ0v) is 11.9. The van der Waals surface area contributed by atoms with Crippen LogP contribution in [-0.2, 0) is 21.1 Å². The maximum absolute atomic E-state index is 3.85. The second-order valence-corrected chi connectivity index (χ2v) is 3.37. The van der Waals surface area contributed by atoms with Gasteiger partial charge in [0, 0.05) is 12.1 Å². The average molecular weight is 268 g/mol. The molecular weight excluding hydrogens is 244 g/mol. The number of hydrogen-bond donors (Lipinski definition) is 0. The third kappa shape index (κ3) is 12.6. The SMILES string of the molecule is C[N-]C.[CH2-]CN(C(C)C)C(C)C.[Mo+2]. The normalized spacial score (nSPS) is 9.69. The van der Waals surface area contributed by atoms with Crippen LogP contribution in [0.1, 0.15) is 27.7 Å². The van der Waals surface area contributed by atoms with Gasteiger partial charge in [0.15, 0.2) is 0 Å². The molecule has 0 aromatic carbocycles. The van der Waals surface area contributed by atoms with E-state index in [-0.39, 0.29) is 21.1 Å².